The lowest BCUT2D eigenvalue weighted by Gasteiger charge is -2.10. The minimum Gasteiger partial charge on any atom is -0.490 e. The third kappa shape index (κ3) is 0.707. The lowest BCUT2D eigenvalue weighted by Crippen LogP contribution is -2.05. The molecule has 1 aromatic rings. The molecule has 0 amide bonds. The van der Waals surface area contributed by atoms with Gasteiger partial charge in [-0.3, -0.25) is 0 Å². The molecule has 1 aliphatic rings. The first-order chi connectivity index (χ1) is 4.47. The summed E-state index contributed by atoms with van der Waals surface area (Å²) in [4.78, 5) is 0. The van der Waals surface area contributed by atoms with Crippen molar-refractivity contribution in [1.29, 1.82) is 0 Å². The molecule has 2 heteroatoms. The van der Waals surface area contributed by atoms with Gasteiger partial charge in [0.15, 0.2) is 5.75 Å². The van der Waals surface area contributed by atoms with Gasteiger partial charge in [0.05, 0.1) is 12.9 Å². The molecule has 0 bridgehead atoms. The Hall–Kier alpha value is -0.920. The highest BCUT2D eigenvalue weighted by Gasteiger charge is 2.11. The van der Waals surface area contributed by atoms with Gasteiger partial charge in [-0.25, -0.2) is 0 Å². The maximum Gasteiger partial charge on any atom is 0.160 e. The SMILES string of the molecule is c1cc2c(o1)CCCO2. The van der Waals surface area contributed by atoms with Gasteiger partial charge < -0.3 is 9.15 Å². The molecule has 0 fully saturated rings. The van der Waals surface area contributed by atoms with E-state index in [1.165, 1.54) is 0 Å². The van der Waals surface area contributed by atoms with Crippen LogP contribution in [0.15, 0.2) is 16.7 Å². The number of hydrogen-bond donors (Lipinski definition) is 0. The second kappa shape index (κ2) is 1.79. The summed E-state index contributed by atoms with van der Waals surface area (Å²) in [5, 5.41) is 0. The molecule has 0 unspecified atom stereocenters. The zero-order valence-electron chi connectivity index (χ0n) is 5.09. The molecule has 0 aliphatic carbocycles. The quantitative estimate of drug-likeness (QED) is 0.524. The van der Waals surface area contributed by atoms with Crippen LogP contribution in [-0.2, 0) is 6.42 Å². The standard InChI is InChI=1S/C7H8O2/c1-2-6-7(8-4-1)3-5-9-6/h3,5H,1-2,4H2. The normalized spacial score (nSPS) is 16.4. The minimum absolute atomic E-state index is 0.840. The molecule has 0 spiro atoms. The molecular formula is C7H8O2. The predicted octanol–water partition coefficient (Wildman–Crippen LogP) is 1.60. The van der Waals surface area contributed by atoms with Crippen molar-refractivity contribution in [3.05, 3.63) is 18.1 Å². The first kappa shape index (κ1) is 4.91. The Bertz CT molecular complexity index is 182. The molecule has 48 valence electrons. The fourth-order valence-corrected chi connectivity index (χ4v) is 1.05. The number of rotatable bonds is 0. The van der Waals surface area contributed by atoms with Gasteiger partial charge in [0.1, 0.15) is 5.76 Å². The van der Waals surface area contributed by atoms with E-state index in [4.69, 9.17) is 9.15 Å². The summed E-state index contributed by atoms with van der Waals surface area (Å²) in [6.07, 6.45) is 3.79. The van der Waals surface area contributed by atoms with Crippen LogP contribution in [0.1, 0.15) is 12.2 Å². The van der Waals surface area contributed by atoms with Crippen molar-refractivity contribution in [3.63, 3.8) is 0 Å². The Morgan fingerprint density at radius 1 is 1.44 bits per heavy atom. The molecule has 0 radical (unpaired) electrons. The predicted molar refractivity (Wildman–Crippen MR) is 32.5 cm³/mol. The summed E-state index contributed by atoms with van der Waals surface area (Å²) in [6, 6.07) is 1.87. The Morgan fingerprint density at radius 2 is 2.44 bits per heavy atom. The topological polar surface area (TPSA) is 22.4 Å². The average Bonchev–Trinajstić information content (AvgIpc) is 2.33. The first-order valence-electron chi connectivity index (χ1n) is 3.16. The summed E-state index contributed by atoms with van der Waals surface area (Å²) < 4.78 is 10.4. The van der Waals surface area contributed by atoms with Gasteiger partial charge in [0.2, 0.25) is 0 Å². The summed E-state index contributed by atoms with van der Waals surface area (Å²) in [5.74, 6) is 1.93. The van der Waals surface area contributed by atoms with Gasteiger partial charge in [0.25, 0.3) is 0 Å². The Labute approximate surface area is 53.4 Å². The molecule has 1 aromatic heterocycles. The van der Waals surface area contributed by atoms with Gasteiger partial charge in [-0.15, -0.1) is 0 Å². The Balaban J connectivity index is 2.39. The van der Waals surface area contributed by atoms with E-state index in [-0.39, 0.29) is 0 Å². The van der Waals surface area contributed by atoms with E-state index in [2.05, 4.69) is 0 Å². The van der Waals surface area contributed by atoms with Crippen molar-refractivity contribution < 1.29 is 9.15 Å². The van der Waals surface area contributed by atoms with E-state index in [1.807, 2.05) is 6.07 Å². The largest absolute Gasteiger partial charge is 0.490 e. The zero-order valence-corrected chi connectivity index (χ0v) is 5.09. The minimum atomic E-state index is 0.840. The molecular weight excluding hydrogens is 116 g/mol. The molecule has 0 saturated carbocycles. The van der Waals surface area contributed by atoms with Gasteiger partial charge in [-0.2, -0.15) is 0 Å². The highest BCUT2D eigenvalue weighted by Crippen LogP contribution is 2.24. The third-order valence-electron chi connectivity index (χ3n) is 1.51. The Kier molecular flexibility index (Phi) is 0.979. The summed E-state index contributed by atoms with van der Waals surface area (Å²) in [7, 11) is 0. The van der Waals surface area contributed by atoms with Crippen molar-refractivity contribution in [2.24, 2.45) is 0 Å². The van der Waals surface area contributed by atoms with Crippen LogP contribution in [0.5, 0.6) is 5.75 Å². The Morgan fingerprint density at radius 3 is 3.33 bits per heavy atom. The van der Waals surface area contributed by atoms with Crippen molar-refractivity contribution in [1.82, 2.24) is 0 Å². The monoisotopic (exact) mass is 124 g/mol. The van der Waals surface area contributed by atoms with Gasteiger partial charge in [-0.1, -0.05) is 0 Å². The van der Waals surface area contributed by atoms with Crippen LogP contribution in [0.3, 0.4) is 0 Å². The average molecular weight is 124 g/mol. The fourth-order valence-electron chi connectivity index (χ4n) is 1.05. The van der Waals surface area contributed by atoms with Crippen LogP contribution in [0.4, 0.5) is 0 Å². The number of aryl methyl sites for hydroxylation is 1. The molecule has 2 heterocycles. The van der Waals surface area contributed by atoms with Gasteiger partial charge in [0, 0.05) is 12.5 Å². The number of hydrogen-bond acceptors (Lipinski definition) is 2. The van der Waals surface area contributed by atoms with Crippen LogP contribution < -0.4 is 4.74 Å². The molecule has 0 saturated heterocycles. The molecule has 0 atom stereocenters. The van der Waals surface area contributed by atoms with Crippen molar-refractivity contribution in [3.8, 4) is 5.75 Å². The lowest BCUT2D eigenvalue weighted by atomic mass is 10.2. The van der Waals surface area contributed by atoms with Crippen molar-refractivity contribution >= 4 is 0 Å². The van der Waals surface area contributed by atoms with E-state index in [9.17, 15) is 0 Å². The number of ether oxygens (including phenoxy) is 1. The van der Waals surface area contributed by atoms with E-state index in [0.29, 0.717) is 0 Å². The van der Waals surface area contributed by atoms with E-state index in [0.717, 1.165) is 31.0 Å². The number of fused-ring (bicyclic) bond motifs is 1. The van der Waals surface area contributed by atoms with Crippen LogP contribution in [0, 0.1) is 0 Å². The van der Waals surface area contributed by atoms with E-state index >= 15 is 0 Å². The highest BCUT2D eigenvalue weighted by molar-refractivity contribution is 5.25. The summed E-state index contributed by atoms with van der Waals surface area (Å²) >= 11 is 0. The highest BCUT2D eigenvalue weighted by atomic mass is 16.5. The third-order valence-corrected chi connectivity index (χ3v) is 1.51. The van der Waals surface area contributed by atoms with Crippen LogP contribution in [0.2, 0.25) is 0 Å². The lowest BCUT2D eigenvalue weighted by molar-refractivity contribution is 0.271. The second-order valence-corrected chi connectivity index (χ2v) is 2.16. The second-order valence-electron chi connectivity index (χ2n) is 2.16. The molecule has 0 aromatic carbocycles. The zero-order chi connectivity index (χ0) is 6.10. The van der Waals surface area contributed by atoms with Gasteiger partial charge in [-0.05, 0) is 6.42 Å². The van der Waals surface area contributed by atoms with Crippen LogP contribution in [0.25, 0.3) is 0 Å². The maximum atomic E-state index is 5.27. The van der Waals surface area contributed by atoms with Gasteiger partial charge >= 0.3 is 0 Å². The van der Waals surface area contributed by atoms with E-state index < -0.39 is 0 Å². The molecule has 9 heavy (non-hydrogen) atoms. The molecule has 2 rings (SSSR count). The maximum absolute atomic E-state index is 5.27. The summed E-state index contributed by atoms with van der Waals surface area (Å²) in [5.41, 5.74) is 0. The first-order valence-corrected chi connectivity index (χ1v) is 3.16. The van der Waals surface area contributed by atoms with Crippen LogP contribution in [-0.4, -0.2) is 6.61 Å². The number of furan rings is 1. The fraction of sp³-hybridized carbons (Fsp3) is 0.429. The van der Waals surface area contributed by atoms with Crippen LogP contribution >= 0.6 is 0 Å². The summed E-state index contributed by atoms with van der Waals surface area (Å²) in [6.45, 7) is 0.840. The molecule has 2 nitrogen and oxygen atoms in total. The smallest absolute Gasteiger partial charge is 0.160 e. The van der Waals surface area contributed by atoms with Crippen molar-refractivity contribution in [2.75, 3.05) is 6.61 Å². The molecule has 1 aliphatic heterocycles. The van der Waals surface area contributed by atoms with E-state index in [1.54, 1.807) is 6.26 Å². The van der Waals surface area contributed by atoms with Crippen molar-refractivity contribution in [2.45, 2.75) is 12.8 Å². The molecule has 0 N–H and O–H groups in total.